The standard InChI is InChI=1S/C56H58Cl2F4N2O8/c1-31(2)53(55(65)66)63(7)25-39-19-47(57)51(23-49(39)69-27-35-15-41(59)21-42(60)16-35)71-29-37-11-9-13-45(33(37)5)46-14-10-12-38(34(46)6)30-72-52-24-50(70-28-36-17-43(61)22-44(62)18-36)40(20-48(52)58)26-64(8)54(32(3)4)56(67)68/h9-24,31-32,53-54H,25-30H2,1-8H3,(H,65,66)(H,67,68)/t53-,54-/m0/s1. The van der Waals surface area contributed by atoms with E-state index < -0.39 is 47.3 Å². The molecule has 6 rings (SSSR count). The third kappa shape index (κ3) is 14.0. The van der Waals surface area contributed by atoms with E-state index in [1.54, 1.807) is 48.2 Å². The van der Waals surface area contributed by atoms with Gasteiger partial charge in [0, 0.05) is 48.5 Å². The molecular formula is C56H58Cl2F4N2O8. The molecule has 382 valence electrons. The summed E-state index contributed by atoms with van der Waals surface area (Å²) in [6.45, 7) is 11.3. The van der Waals surface area contributed by atoms with E-state index in [1.807, 2.05) is 77.9 Å². The molecule has 2 atom stereocenters. The van der Waals surface area contributed by atoms with Crippen molar-refractivity contribution in [1.29, 1.82) is 0 Å². The predicted molar refractivity (Wildman–Crippen MR) is 270 cm³/mol. The van der Waals surface area contributed by atoms with Gasteiger partial charge in [-0.15, -0.1) is 0 Å². The van der Waals surface area contributed by atoms with Crippen LogP contribution in [0.25, 0.3) is 11.1 Å². The van der Waals surface area contributed by atoms with Crippen LogP contribution in [0.1, 0.15) is 72.2 Å². The highest BCUT2D eigenvalue weighted by atomic mass is 35.5. The fraction of sp³-hybridized carbons (Fsp3) is 0.321. The van der Waals surface area contributed by atoms with Gasteiger partial charge in [-0.05, 0) is 121 Å². The molecular weight excluding hydrogens is 976 g/mol. The monoisotopic (exact) mass is 1030 g/mol. The van der Waals surface area contributed by atoms with Crippen LogP contribution in [0.2, 0.25) is 10.0 Å². The van der Waals surface area contributed by atoms with Gasteiger partial charge in [0.05, 0.1) is 10.0 Å². The van der Waals surface area contributed by atoms with Crippen molar-refractivity contribution in [3.63, 3.8) is 0 Å². The minimum absolute atomic E-state index is 0.0980. The Kier molecular flexibility index (Phi) is 18.6. The van der Waals surface area contributed by atoms with Crippen molar-refractivity contribution >= 4 is 35.1 Å². The fourth-order valence-corrected chi connectivity index (χ4v) is 9.35. The number of hydrogen-bond acceptors (Lipinski definition) is 8. The second-order valence-electron chi connectivity index (χ2n) is 18.6. The molecule has 0 saturated carbocycles. The molecule has 0 aromatic heterocycles. The summed E-state index contributed by atoms with van der Waals surface area (Å²) < 4.78 is 81.3. The van der Waals surface area contributed by atoms with E-state index in [0.717, 1.165) is 45.5 Å². The van der Waals surface area contributed by atoms with Gasteiger partial charge in [0.1, 0.15) is 84.8 Å². The van der Waals surface area contributed by atoms with Crippen molar-refractivity contribution in [3.05, 3.63) is 175 Å². The molecule has 0 spiro atoms. The maximum atomic E-state index is 14.1. The van der Waals surface area contributed by atoms with Gasteiger partial charge in [0.2, 0.25) is 0 Å². The molecule has 6 aromatic rings. The summed E-state index contributed by atoms with van der Waals surface area (Å²) in [4.78, 5) is 27.7. The van der Waals surface area contributed by atoms with Crippen molar-refractivity contribution in [3.8, 4) is 34.1 Å². The van der Waals surface area contributed by atoms with Crippen molar-refractivity contribution in [2.45, 2.75) is 93.1 Å². The lowest BCUT2D eigenvalue weighted by atomic mass is 9.92. The normalized spacial score (nSPS) is 12.4. The van der Waals surface area contributed by atoms with E-state index >= 15 is 0 Å². The van der Waals surface area contributed by atoms with E-state index in [0.29, 0.717) is 22.6 Å². The zero-order chi connectivity index (χ0) is 52.6. The van der Waals surface area contributed by atoms with Crippen molar-refractivity contribution in [2.24, 2.45) is 11.8 Å². The minimum atomic E-state index is -0.987. The second kappa shape index (κ2) is 24.4. The predicted octanol–water partition coefficient (Wildman–Crippen LogP) is 13.2. The lowest BCUT2D eigenvalue weighted by Gasteiger charge is -2.28. The van der Waals surface area contributed by atoms with Crippen LogP contribution in [0.3, 0.4) is 0 Å². The maximum Gasteiger partial charge on any atom is 0.321 e. The Morgan fingerprint density at radius 2 is 0.833 bits per heavy atom. The third-order valence-corrected chi connectivity index (χ3v) is 13.0. The number of ether oxygens (including phenoxy) is 4. The largest absolute Gasteiger partial charge is 0.488 e. The highest BCUT2D eigenvalue weighted by Gasteiger charge is 2.29. The molecule has 0 unspecified atom stereocenters. The average molecular weight is 1030 g/mol. The Hall–Kier alpha value is -6.32. The topological polar surface area (TPSA) is 118 Å². The number of benzene rings is 6. The molecule has 0 saturated heterocycles. The first kappa shape index (κ1) is 55.0. The summed E-state index contributed by atoms with van der Waals surface area (Å²) in [6.07, 6.45) is 0. The van der Waals surface area contributed by atoms with Crippen LogP contribution in [0, 0.1) is 49.0 Å². The Morgan fingerprint density at radius 3 is 1.15 bits per heavy atom. The zero-order valence-corrected chi connectivity index (χ0v) is 42.8. The second-order valence-corrected chi connectivity index (χ2v) is 19.4. The number of carboxylic acids is 2. The molecule has 0 aliphatic rings. The Balaban J connectivity index is 1.23. The Labute approximate surface area is 427 Å². The first-order valence-corrected chi connectivity index (χ1v) is 23.9. The zero-order valence-electron chi connectivity index (χ0n) is 41.3. The van der Waals surface area contributed by atoms with Gasteiger partial charge in [0.15, 0.2) is 0 Å². The fourth-order valence-electron chi connectivity index (χ4n) is 8.87. The molecule has 0 radical (unpaired) electrons. The molecule has 0 fully saturated rings. The van der Waals surface area contributed by atoms with Crippen LogP contribution in [0.15, 0.2) is 97.1 Å². The average Bonchev–Trinajstić information content (AvgIpc) is 3.27. The maximum absolute atomic E-state index is 14.1. The number of hydrogen-bond donors (Lipinski definition) is 2. The molecule has 0 heterocycles. The van der Waals surface area contributed by atoms with Crippen molar-refractivity contribution in [1.82, 2.24) is 9.80 Å². The summed E-state index contributed by atoms with van der Waals surface area (Å²) in [7, 11) is 3.37. The summed E-state index contributed by atoms with van der Waals surface area (Å²) in [5.74, 6) is -4.28. The van der Waals surface area contributed by atoms with Gasteiger partial charge >= 0.3 is 11.9 Å². The number of nitrogens with zero attached hydrogens (tertiary/aromatic N) is 2. The molecule has 6 aromatic carbocycles. The Morgan fingerprint density at radius 1 is 0.500 bits per heavy atom. The van der Waals surface area contributed by atoms with Crippen LogP contribution < -0.4 is 18.9 Å². The van der Waals surface area contributed by atoms with Gasteiger partial charge in [-0.25, -0.2) is 17.6 Å². The highest BCUT2D eigenvalue weighted by Crippen LogP contribution is 2.38. The van der Waals surface area contributed by atoms with E-state index in [9.17, 15) is 37.4 Å². The minimum Gasteiger partial charge on any atom is -0.488 e. The lowest BCUT2D eigenvalue weighted by Crippen LogP contribution is -2.41. The number of likely N-dealkylation sites (N-methyl/N-ethyl adjacent to an activating group) is 2. The van der Waals surface area contributed by atoms with E-state index in [2.05, 4.69) is 0 Å². The summed E-state index contributed by atoms with van der Waals surface area (Å²) in [6, 6.07) is 22.8. The summed E-state index contributed by atoms with van der Waals surface area (Å²) in [5.41, 5.74) is 7.01. The molecule has 10 nitrogen and oxygen atoms in total. The van der Waals surface area contributed by atoms with E-state index in [4.69, 9.17) is 42.1 Å². The number of aliphatic carboxylic acids is 2. The van der Waals surface area contributed by atoms with Crippen molar-refractivity contribution in [2.75, 3.05) is 14.1 Å². The number of carbonyl (C=O) groups is 2. The van der Waals surface area contributed by atoms with Crippen LogP contribution in [0.5, 0.6) is 23.0 Å². The summed E-state index contributed by atoms with van der Waals surface area (Å²) >= 11 is 13.7. The molecule has 0 aliphatic carbocycles. The molecule has 0 bridgehead atoms. The molecule has 72 heavy (non-hydrogen) atoms. The molecule has 0 aliphatic heterocycles. The van der Waals surface area contributed by atoms with Gasteiger partial charge in [-0.3, -0.25) is 19.4 Å². The van der Waals surface area contributed by atoms with Crippen LogP contribution in [-0.2, 0) is 49.1 Å². The smallest absolute Gasteiger partial charge is 0.321 e. The molecule has 16 heteroatoms. The van der Waals surface area contributed by atoms with Crippen LogP contribution in [-0.4, -0.2) is 58.1 Å². The van der Waals surface area contributed by atoms with Gasteiger partial charge in [-0.2, -0.15) is 0 Å². The number of carboxylic acid groups (broad SMARTS) is 2. The number of halogens is 6. The van der Waals surface area contributed by atoms with Gasteiger partial charge in [-0.1, -0.05) is 87.3 Å². The van der Waals surface area contributed by atoms with E-state index in [1.165, 1.54) is 24.3 Å². The first-order chi connectivity index (χ1) is 34.1. The first-order valence-electron chi connectivity index (χ1n) is 23.2. The number of rotatable bonds is 23. The molecule has 2 N–H and O–H groups in total. The van der Waals surface area contributed by atoms with Crippen LogP contribution in [0.4, 0.5) is 17.6 Å². The quantitative estimate of drug-likeness (QED) is 0.0601. The van der Waals surface area contributed by atoms with E-state index in [-0.39, 0.29) is 84.0 Å². The highest BCUT2D eigenvalue weighted by molar-refractivity contribution is 6.32. The van der Waals surface area contributed by atoms with Crippen molar-refractivity contribution < 1.29 is 56.3 Å². The lowest BCUT2D eigenvalue weighted by molar-refractivity contribution is -0.145. The molecule has 0 amide bonds. The van der Waals surface area contributed by atoms with Gasteiger partial charge in [0.25, 0.3) is 0 Å². The Bertz CT molecular complexity index is 2680. The van der Waals surface area contributed by atoms with Crippen LogP contribution >= 0.6 is 23.2 Å². The SMILES string of the molecule is Cc1c(COc2cc(OCc3cc(F)cc(F)c3)c(CN(C)[C@H](C(=O)O)C(C)C)cc2Cl)cccc1-c1cccc(COc2cc(OCc3cc(F)cc(F)c3)c(CN(C)[C@H](C(=O)O)C(C)C)cc2Cl)c1C. The third-order valence-electron chi connectivity index (χ3n) is 12.4. The van der Waals surface area contributed by atoms with Gasteiger partial charge < -0.3 is 29.2 Å². The summed E-state index contributed by atoms with van der Waals surface area (Å²) in [5, 5.41) is 20.4.